The molecular weight excluding hydrogens is 340 g/mol. The molecule has 0 unspecified atom stereocenters. The highest BCUT2D eigenvalue weighted by Gasteiger charge is 2.23. The Balaban J connectivity index is 2.93. The Labute approximate surface area is 133 Å². The van der Waals surface area contributed by atoms with Crippen molar-refractivity contribution in [3.05, 3.63) is 28.5 Å². The molecule has 0 saturated heterocycles. The van der Waals surface area contributed by atoms with Crippen LogP contribution >= 0.6 is 22.3 Å². The highest BCUT2D eigenvalue weighted by Crippen LogP contribution is 2.26. The second kappa shape index (κ2) is 7.42. The topological polar surface area (TPSA) is 63.2 Å². The number of carbonyl (C=O) groups excluding carboxylic acids is 1. The molecule has 0 saturated carbocycles. The lowest BCUT2D eigenvalue weighted by atomic mass is 10.1. The van der Waals surface area contributed by atoms with Gasteiger partial charge in [0.05, 0.1) is 5.56 Å². The molecule has 0 aromatic heterocycles. The minimum atomic E-state index is -4.32. The fraction of sp³-hybridized carbons (Fsp3) is 0.462. The van der Waals surface area contributed by atoms with E-state index in [1.54, 1.807) is 0 Å². The van der Waals surface area contributed by atoms with Crippen LogP contribution in [0.2, 0.25) is 5.02 Å². The lowest BCUT2D eigenvalue weighted by Crippen LogP contribution is -2.26. The Kier molecular flexibility index (Phi) is 6.43. The van der Waals surface area contributed by atoms with Crippen molar-refractivity contribution in [2.24, 2.45) is 5.92 Å². The van der Waals surface area contributed by atoms with Crippen LogP contribution in [-0.2, 0) is 9.05 Å². The highest BCUT2D eigenvalue weighted by atomic mass is 35.7. The third-order valence-electron chi connectivity index (χ3n) is 2.76. The van der Waals surface area contributed by atoms with Crippen molar-refractivity contribution in [1.82, 2.24) is 5.32 Å². The number of rotatable bonds is 6. The van der Waals surface area contributed by atoms with Gasteiger partial charge in [0.1, 0.15) is 4.90 Å². The molecule has 0 bridgehead atoms. The van der Waals surface area contributed by atoms with Gasteiger partial charge in [-0.2, -0.15) is 0 Å². The van der Waals surface area contributed by atoms with Gasteiger partial charge in [0.25, 0.3) is 15.0 Å². The van der Waals surface area contributed by atoms with Crippen LogP contribution in [0.3, 0.4) is 0 Å². The highest BCUT2D eigenvalue weighted by molar-refractivity contribution is 8.13. The van der Waals surface area contributed by atoms with Gasteiger partial charge in [-0.15, -0.1) is 0 Å². The zero-order valence-electron chi connectivity index (χ0n) is 11.6. The summed E-state index contributed by atoms with van der Waals surface area (Å²) in [5, 5.41) is 2.44. The standard InChI is InChI=1S/C13H16Cl2FNO3S/c1-8(2)4-3-5-17-13(18)10-6-9(14)7-11(12(10)16)21(15,19)20/h6-8H,3-5H2,1-2H3,(H,17,18). The van der Waals surface area contributed by atoms with E-state index in [0.29, 0.717) is 12.5 Å². The maximum Gasteiger partial charge on any atom is 0.264 e. The number of amides is 1. The van der Waals surface area contributed by atoms with Crippen molar-refractivity contribution in [3.63, 3.8) is 0 Å². The molecule has 0 aliphatic heterocycles. The van der Waals surface area contributed by atoms with Crippen molar-refractivity contribution in [2.45, 2.75) is 31.6 Å². The minimum absolute atomic E-state index is 0.0806. The fourth-order valence-corrected chi connectivity index (χ4v) is 2.93. The van der Waals surface area contributed by atoms with Gasteiger partial charge in [-0.25, -0.2) is 12.8 Å². The van der Waals surface area contributed by atoms with Gasteiger partial charge in [-0.05, 0) is 30.9 Å². The van der Waals surface area contributed by atoms with Crippen molar-refractivity contribution in [2.75, 3.05) is 6.54 Å². The molecule has 21 heavy (non-hydrogen) atoms. The van der Waals surface area contributed by atoms with E-state index < -0.39 is 31.2 Å². The molecule has 1 N–H and O–H groups in total. The van der Waals surface area contributed by atoms with E-state index in [4.69, 9.17) is 22.3 Å². The lowest BCUT2D eigenvalue weighted by molar-refractivity contribution is 0.0948. The van der Waals surface area contributed by atoms with Crippen molar-refractivity contribution >= 4 is 37.2 Å². The van der Waals surface area contributed by atoms with Crippen LogP contribution in [0.15, 0.2) is 17.0 Å². The van der Waals surface area contributed by atoms with E-state index in [1.807, 2.05) is 0 Å². The summed E-state index contributed by atoms with van der Waals surface area (Å²) < 4.78 is 36.6. The first-order valence-electron chi connectivity index (χ1n) is 6.35. The molecule has 0 atom stereocenters. The van der Waals surface area contributed by atoms with Gasteiger partial charge in [0.2, 0.25) is 0 Å². The maximum atomic E-state index is 14.1. The molecule has 0 aliphatic rings. The number of hydrogen-bond acceptors (Lipinski definition) is 3. The largest absolute Gasteiger partial charge is 0.352 e. The van der Waals surface area contributed by atoms with Crippen LogP contribution in [0.25, 0.3) is 0 Å². The molecule has 1 aromatic carbocycles. The van der Waals surface area contributed by atoms with Crippen LogP contribution < -0.4 is 5.32 Å². The summed E-state index contributed by atoms with van der Waals surface area (Å²) in [7, 11) is 0.800. The normalized spacial score (nSPS) is 11.7. The van der Waals surface area contributed by atoms with E-state index in [0.717, 1.165) is 25.0 Å². The molecule has 0 heterocycles. The predicted octanol–water partition coefficient (Wildman–Crippen LogP) is 3.57. The molecule has 1 rings (SSSR count). The van der Waals surface area contributed by atoms with Crippen LogP contribution in [-0.4, -0.2) is 20.9 Å². The summed E-state index contributed by atoms with van der Waals surface area (Å²) in [6.45, 7) is 4.47. The lowest BCUT2D eigenvalue weighted by Gasteiger charge is -2.09. The Morgan fingerprint density at radius 1 is 1.38 bits per heavy atom. The Hall–Kier alpha value is -0.850. The van der Waals surface area contributed by atoms with Crippen molar-refractivity contribution in [1.29, 1.82) is 0 Å². The average Bonchev–Trinajstić information content (AvgIpc) is 2.35. The van der Waals surface area contributed by atoms with E-state index in [1.165, 1.54) is 0 Å². The van der Waals surface area contributed by atoms with E-state index in [9.17, 15) is 17.6 Å². The van der Waals surface area contributed by atoms with E-state index in [-0.39, 0.29) is 5.02 Å². The fourth-order valence-electron chi connectivity index (χ4n) is 1.71. The van der Waals surface area contributed by atoms with Crippen LogP contribution in [0.4, 0.5) is 4.39 Å². The number of hydrogen-bond donors (Lipinski definition) is 1. The van der Waals surface area contributed by atoms with Gasteiger partial charge >= 0.3 is 0 Å². The van der Waals surface area contributed by atoms with Gasteiger partial charge < -0.3 is 5.32 Å². The number of nitrogens with one attached hydrogen (secondary N) is 1. The molecular formula is C13H16Cl2FNO3S. The predicted molar refractivity (Wildman–Crippen MR) is 80.9 cm³/mol. The smallest absolute Gasteiger partial charge is 0.264 e. The van der Waals surface area contributed by atoms with E-state index in [2.05, 4.69) is 19.2 Å². The summed E-state index contributed by atoms with van der Waals surface area (Å²) >= 11 is 5.71. The summed E-state index contributed by atoms with van der Waals surface area (Å²) in [6.07, 6.45) is 1.66. The third kappa shape index (κ3) is 5.45. The average molecular weight is 356 g/mol. The third-order valence-corrected chi connectivity index (χ3v) is 4.29. The molecule has 4 nitrogen and oxygen atoms in total. The number of benzene rings is 1. The van der Waals surface area contributed by atoms with Crippen LogP contribution in [0, 0.1) is 11.7 Å². The molecule has 0 radical (unpaired) electrons. The van der Waals surface area contributed by atoms with Gasteiger partial charge in [-0.3, -0.25) is 4.79 Å². The SMILES string of the molecule is CC(C)CCCNC(=O)c1cc(Cl)cc(S(=O)(=O)Cl)c1F. The Bertz CT molecular complexity index is 633. The zero-order chi connectivity index (χ0) is 16.2. The second-order valence-corrected chi connectivity index (χ2v) is 7.97. The van der Waals surface area contributed by atoms with Gasteiger partial charge in [0, 0.05) is 22.2 Å². The molecule has 8 heteroatoms. The first-order chi connectivity index (χ1) is 9.62. The molecule has 1 aromatic rings. The maximum absolute atomic E-state index is 14.1. The summed E-state index contributed by atoms with van der Waals surface area (Å²) in [4.78, 5) is 11.1. The summed E-state index contributed by atoms with van der Waals surface area (Å²) in [5.41, 5.74) is -0.439. The molecule has 0 fully saturated rings. The van der Waals surface area contributed by atoms with Gasteiger partial charge in [0.15, 0.2) is 5.82 Å². The number of halogens is 3. The molecule has 0 aliphatic carbocycles. The van der Waals surface area contributed by atoms with E-state index >= 15 is 0 Å². The summed E-state index contributed by atoms with van der Waals surface area (Å²) in [5.74, 6) is -1.42. The monoisotopic (exact) mass is 355 g/mol. The second-order valence-electron chi connectivity index (χ2n) is 5.00. The first kappa shape index (κ1) is 18.2. The van der Waals surface area contributed by atoms with Crippen molar-refractivity contribution in [3.8, 4) is 0 Å². The number of carbonyl (C=O) groups is 1. The zero-order valence-corrected chi connectivity index (χ0v) is 13.9. The first-order valence-corrected chi connectivity index (χ1v) is 9.03. The van der Waals surface area contributed by atoms with Gasteiger partial charge in [-0.1, -0.05) is 25.4 Å². The molecule has 0 spiro atoms. The molecule has 118 valence electrons. The Morgan fingerprint density at radius 2 is 2.00 bits per heavy atom. The molecule has 1 amide bonds. The van der Waals surface area contributed by atoms with Crippen molar-refractivity contribution < 1.29 is 17.6 Å². The Morgan fingerprint density at radius 3 is 2.52 bits per heavy atom. The quantitative estimate of drug-likeness (QED) is 0.626. The van der Waals surface area contributed by atoms with Crippen LogP contribution in [0.1, 0.15) is 37.0 Å². The minimum Gasteiger partial charge on any atom is -0.352 e. The summed E-state index contributed by atoms with van der Waals surface area (Å²) in [6, 6.07) is 1.94. The van der Waals surface area contributed by atoms with Crippen LogP contribution in [0.5, 0.6) is 0 Å².